The second-order valence-corrected chi connectivity index (χ2v) is 6.39. The van der Waals surface area contributed by atoms with E-state index >= 15 is 0 Å². The topological polar surface area (TPSA) is 61.0 Å². The molecule has 22 heavy (non-hydrogen) atoms. The fraction of sp³-hybridized carbons (Fsp3) is 0.529. The lowest BCUT2D eigenvalue weighted by molar-refractivity contribution is -0.121. The van der Waals surface area contributed by atoms with Crippen LogP contribution in [0.4, 0.5) is 5.69 Å². The number of benzene rings is 1. The molecule has 5 heteroatoms. The number of H-pyrrole nitrogens is 1. The molecule has 4 rings (SSSR count). The van der Waals surface area contributed by atoms with Gasteiger partial charge in [0.15, 0.2) is 0 Å². The van der Waals surface area contributed by atoms with Gasteiger partial charge in [0, 0.05) is 35.8 Å². The van der Waals surface area contributed by atoms with E-state index in [4.69, 9.17) is 0 Å². The van der Waals surface area contributed by atoms with E-state index < -0.39 is 0 Å². The summed E-state index contributed by atoms with van der Waals surface area (Å²) in [7, 11) is 0. The van der Waals surface area contributed by atoms with Crippen LogP contribution in [0.15, 0.2) is 18.2 Å². The highest BCUT2D eigenvalue weighted by Crippen LogP contribution is 2.42. The Bertz CT molecular complexity index is 698. The third-order valence-electron chi connectivity index (χ3n) is 4.86. The van der Waals surface area contributed by atoms with Crippen LogP contribution < -0.4 is 10.2 Å². The van der Waals surface area contributed by atoms with Gasteiger partial charge in [0.1, 0.15) is 0 Å². The van der Waals surface area contributed by atoms with Gasteiger partial charge in [-0.05, 0) is 50.9 Å². The minimum absolute atomic E-state index is 0.114. The average Bonchev–Trinajstić information content (AvgIpc) is 3.08. The number of carbonyl (C=O) groups excluding carboxylic acids is 1. The number of rotatable bonds is 4. The normalized spacial score (nSPS) is 21.4. The number of hydrogen-bond acceptors (Lipinski definition) is 3. The van der Waals surface area contributed by atoms with Crippen molar-refractivity contribution in [1.29, 1.82) is 0 Å². The van der Waals surface area contributed by atoms with Gasteiger partial charge in [-0.15, -0.1) is 0 Å². The standard InChI is InChI=1S/C17H22N4O/c1-2-21(17(22)12-7-8-18-10-12)13-5-6-15-14(9-13)16(20-19-15)11-3-4-11/h5-6,9,11-12,18H,2-4,7-8,10H2,1H3,(H,19,20). The predicted molar refractivity (Wildman–Crippen MR) is 87.1 cm³/mol. The number of carbonyl (C=O) groups is 1. The highest BCUT2D eigenvalue weighted by molar-refractivity contribution is 5.97. The van der Waals surface area contributed by atoms with E-state index in [9.17, 15) is 4.79 Å². The number of hydrogen-bond donors (Lipinski definition) is 2. The summed E-state index contributed by atoms with van der Waals surface area (Å²) in [6.07, 6.45) is 3.42. The molecule has 2 heterocycles. The van der Waals surface area contributed by atoms with Crippen LogP contribution in [0.25, 0.3) is 10.9 Å². The number of fused-ring (bicyclic) bond motifs is 1. The first-order valence-corrected chi connectivity index (χ1v) is 8.28. The summed E-state index contributed by atoms with van der Waals surface area (Å²) in [6.45, 7) is 4.50. The van der Waals surface area contributed by atoms with Gasteiger partial charge in [0.25, 0.3) is 0 Å². The van der Waals surface area contributed by atoms with Crippen molar-refractivity contribution >= 4 is 22.5 Å². The van der Waals surface area contributed by atoms with E-state index in [1.807, 2.05) is 24.0 Å². The second kappa shape index (κ2) is 5.39. The fourth-order valence-electron chi connectivity index (χ4n) is 3.42. The Kier molecular flexibility index (Phi) is 3.37. The molecule has 1 saturated heterocycles. The van der Waals surface area contributed by atoms with Crippen LogP contribution >= 0.6 is 0 Å². The van der Waals surface area contributed by atoms with Gasteiger partial charge in [-0.25, -0.2) is 0 Å². The van der Waals surface area contributed by atoms with Crippen LogP contribution in [0.2, 0.25) is 0 Å². The van der Waals surface area contributed by atoms with E-state index in [1.54, 1.807) is 0 Å². The lowest BCUT2D eigenvalue weighted by atomic mass is 10.1. The van der Waals surface area contributed by atoms with Gasteiger partial charge in [-0.3, -0.25) is 9.89 Å². The molecule has 116 valence electrons. The molecule has 1 aliphatic heterocycles. The Balaban J connectivity index is 1.68. The van der Waals surface area contributed by atoms with Crippen molar-refractivity contribution in [3.05, 3.63) is 23.9 Å². The Morgan fingerprint density at radius 2 is 2.23 bits per heavy atom. The van der Waals surface area contributed by atoms with Crippen LogP contribution in [0.5, 0.6) is 0 Å². The minimum atomic E-state index is 0.114. The molecule has 0 bridgehead atoms. The maximum absolute atomic E-state index is 12.7. The molecular weight excluding hydrogens is 276 g/mol. The number of nitrogens with zero attached hydrogens (tertiary/aromatic N) is 2. The summed E-state index contributed by atoms with van der Waals surface area (Å²) in [5.41, 5.74) is 3.23. The first-order valence-electron chi connectivity index (χ1n) is 8.28. The molecule has 2 N–H and O–H groups in total. The minimum Gasteiger partial charge on any atom is -0.316 e. The van der Waals surface area contributed by atoms with Crippen molar-refractivity contribution in [2.75, 3.05) is 24.5 Å². The SMILES string of the molecule is CCN(C(=O)C1CCNC1)c1ccc2n[nH]c(C3CC3)c2c1. The highest BCUT2D eigenvalue weighted by atomic mass is 16.2. The van der Waals surface area contributed by atoms with Crippen molar-refractivity contribution < 1.29 is 4.79 Å². The molecule has 0 spiro atoms. The molecule has 1 amide bonds. The molecule has 1 aliphatic carbocycles. The summed E-state index contributed by atoms with van der Waals surface area (Å²) >= 11 is 0. The Morgan fingerprint density at radius 3 is 2.91 bits per heavy atom. The zero-order valence-corrected chi connectivity index (χ0v) is 12.9. The van der Waals surface area contributed by atoms with Crippen LogP contribution in [-0.2, 0) is 4.79 Å². The molecule has 1 aromatic heterocycles. The van der Waals surface area contributed by atoms with Crippen LogP contribution in [-0.4, -0.2) is 35.7 Å². The fourth-order valence-corrected chi connectivity index (χ4v) is 3.42. The third kappa shape index (κ3) is 2.29. The van der Waals surface area contributed by atoms with E-state index in [0.717, 1.165) is 30.7 Å². The zero-order valence-electron chi connectivity index (χ0n) is 12.9. The van der Waals surface area contributed by atoms with Crippen LogP contribution in [0, 0.1) is 5.92 Å². The van der Waals surface area contributed by atoms with Crippen molar-refractivity contribution in [2.45, 2.75) is 32.1 Å². The Labute approximate surface area is 130 Å². The molecule has 2 aliphatic rings. The van der Waals surface area contributed by atoms with E-state index in [2.05, 4.69) is 21.6 Å². The smallest absolute Gasteiger partial charge is 0.231 e. The maximum atomic E-state index is 12.7. The number of aromatic nitrogens is 2. The van der Waals surface area contributed by atoms with Crippen molar-refractivity contribution in [2.24, 2.45) is 5.92 Å². The van der Waals surface area contributed by atoms with Crippen molar-refractivity contribution in [1.82, 2.24) is 15.5 Å². The zero-order chi connectivity index (χ0) is 15.1. The summed E-state index contributed by atoms with van der Waals surface area (Å²) in [4.78, 5) is 14.7. The number of amides is 1. The second-order valence-electron chi connectivity index (χ2n) is 6.39. The lowest BCUT2D eigenvalue weighted by Gasteiger charge is -2.24. The predicted octanol–water partition coefficient (Wildman–Crippen LogP) is 2.40. The van der Waals surface area contributed by atoms with Crippen molar-refractivity contribution in [3.63, 3.8) is 0 Å². The van der Waals surface area contributed by atoms with Gasteiger partial charge in [0.05, 0.1) is 11.4 Å². The number of nitrogens with one attached hydrogen (secondary N) is 2. The quantitative estimate of drug-likeness (QED) is 0.911. The lowest BCUT2D eigenvalue weighted by Crippen LogP contribution is -2.37. The van der Waals surface area contributed by atoms with Crippen molar-refractivity contribution in [3.8, 4) is 0 Å². The van der Waals surface area contributed by atoms with Gasteiger partial charge in [-0.2, -0.15) is 5.10 Å². The van der Waals surface area contributed by atoms with Crippen LogP contribution in [0.1, 0.15) is 37.8 Å². The molecule has 1 unspecified atom stereocenters. The summed E-state index contributed by atoms with van der Waals surface area (Å²) in [6, 6.07) is 6.18. The molecule has 1 atom stereocenters. The summed E-state index contributed by atoms with van der Waals surface area (Å²) in [5, 5.41) is 12.0. The van der Waals surface area contributed by atoms with E-state index in [0.29, 0.717) is 12.5 Å². The number of anilines is 1. The molecular formula is C17H22N4O. The molecule has 2 fully saturated rings. The van der Waals surface area contributed by atoms with Crippen LogP contribution in [0.3, 0.4) is 0 Å². The Hall–Kier alpha value is -1.88. The first kappa shape index (κ1) is 13.8. The largest absolute Gasteiger partial charge is 0.316 e. The summed E-state index contributed by atoms with van der Waals surface area (Å²) in [5.74, 6) is 0.983. The van der Waals surface area contributed by atoms with Gasteiger partial charge >= 0.3 is 0 Å². The highest BCUT2D eigenvalue weighted by Gasteiger charge is 2.29. The first-order chi connectivity index (χ1) is 10.8. The molecule has 5 nitrogen and oxygen atoms in total. The Morgan fingerprint density at radius 1 is 1.36 bits per heavy atom. The summed E-state index contributed by atoms with van der Waals surface area (Å²) < 4.78 is 0. The molecule has 1 saturated carbocycles. The van der Waals surface area contributed by atoms with Gasteiger partial charge in [-0.1, -0.05) is 0 Å². The molecule has 0 radical (unpaired) electrons. The molecule has 2 aromatic rings. The van der Waals surface area contributed by atoms with E-state index in [-0.39, 0.29) is 11.8 Å². The third-order valence-corrected chi connectivity index (χ3v) is 4.86. The van der Waals surface area contributed by atoms with Gasteiger partial charge < -0.3 is 10.2 Å². The monoisotopic (exact) mass is 298 g/mol. The molecule has 1 aromatic carbocycles. The maximum Gasteiger partial charge on any atom is 0.231 e. The number of aromatic amines is 1. The van der Waals surface area contributed by atoms with E-state index in [1.165, 1.54) is 23.9 Å². The average molecular weight is 298 g/mol. The van der Waals surface area contributed by atoms with Gasteiger partial charge in [0.2, 0.25) is 5.91 Å².